The van der Waals surface area contributed by atoms with E-state index in [0.29, 0.717) is 28.8 Å². The van der Waals surface area contributed by atoms with E-state index in [-0.39, 0.29) is 43.0 Å². The normalized spacial score (nSPS) is 16.5. The van der Waals surface area contributed by atoms with E-state index in [2.05, 4.69) is 0 Å². The summed E-state index contributed by atoms with van der Waals surface area (Å²) in [5, 5.41) is 0. The predicted molar refractivity (Wildman–Crippen MR) is 115 cm³/mol. The Bertz CT molecular complexity index is 1100. The summed E-state index contributed by atoms with van der Waals surface area (Å²) in [6, 6.07) is 16.4. The van der Waals surface area contributed by atoms with E-state index in [1.807, 2.05) is 30.3 Å². The third-order valence-corrected chi connectivity index (χ3v) is 5.50. The van der Waals surface area contributed by atoms with Crippen molar-refractivity contribution in [2.75, 3.05) is 6.54 Å². The Balaban J connectivity index is 1.42. The van der Waals surface area contributed by atoms with Crippen molar-refractivity contribution < 1.29 is 19.2 Å². The van der Waals surface area contributed by atoms with Gasteiger partial charge in [0.15, 0.2) is 0 Å². The molecule has 0 saturated heterocycles. The zero-order valence-electron chi connectivity index (χ0n) is 17.2. The largest absolute Gasteiger partial charge is 0.278 e. The molecule has 4 amide bonds. The lowest BCUT2D eigenvalue weighted by Crippen LogP contribution is -2.39. The van der Waals surface area contributed by atoms with Gasteiger partial charge in [0.1, 0.15) is 0 Å². The SMILES string of the molecule is C/C(=C\C1=CCN(C(=O)CCc2ccccc2)C(=O)C1)N1C(=O)c2ccccc2C1=O. The van der Waals surface area contributed by atoms with Crippen molar-refractivity contribution in [3.8, 4) is 0 Å². The molecular weight excluding hydrogens is 392 g/mol. The van der Waals surface area contributed by atoms with E-state index < -0.39 is 0 Å². The van der Waals surface area contributed by atoms with Gasteiger partial charge in [0.25, 0.3) is 11.8 Å². The fourth-order valence-corrected chi connectivity index (χ4v) is 3.88. The third-order valence-electron chi connectivity index (χ3n) is 5.50. The zero-order chi connectivity index (χ0) is 22.0. The Morgan fingerprint density at radius 2 is 1.55 bits per heavy atom. The van der Waals surface area contributed by atoms with Crippen LogP contribution in [0.15, 0.2) is 78.0 Å². The number of carbonyl (C=O) groups excluding carboxylic acids is 4. The second-order valence-electron chi connectivity index (χ2n) is 7.62. The molecule has 0 radical (unpaired) electrons. The van der Waals surface area contributed by atoms with Crippen LogP contribution in [-0.4, -0.2) is 40.0 Å². The van der Waals surface area contributed by atoms with E-state index in [0.717, 1.165) is 10.5 Å². The molecule has 0 saturated carbocycles. The molecule has 0 N–H and O–H groups in total. The summed E-state index contributed by atoms with van der Waals surface area (Å²) < 4.78 is 0. The first kappa shape index (κ1) is 20.5. The second kappa shape index (κ2) is 8.52. The minimum atomic E-state index is -0.366. The number of fused-ring (bicyclic) bond motifs is 1. The van der Waals surface area contributed by atoms with Gasteiger partial charge in [0.2, 0.25) is 11.8 Å². The van der Waals surface area contributed by atoms with Gasteiger partial charge in [0, 0.05) is 18.7 Å². The standard InChI is InChI=1S/C25H22N2O4/c1-17(27-24(30)20-9-5-6-10-21(20)25(27)31)15-19-13-14-26(23(29)16-19)22(28)12-11-18-7-3-2-4-8-18/h2-10,13,15H,11-12,14,16H2,1H3/b17-15+. The lowest BCUT2D eigenvalue weighted by Gasteiger charge is -2.24. The van der Waals surface area contributed by atoms with Gasteiger partial charge in [-0.15, -0.1) is 0 Å². The summed E-state index contributed by atoms with van der Waals surface area (Å²) in [5.74, 6) is -1.21. The highest BCUT2D eigenvalue weighted by Gasteiger charge is 2.36. The van der Waals surface area contributed by atoms with E-state index in [1.165, 1.54) is 4.90 Å². The number of hydrogen-bond donors (Lipinski definition) is 0. The monoisotopic (exact) mass is 414 g/mol. The summed E-state index contributed by atoms with van der Waals surface area (Å²) >= 11 is 0. The van der Waals surface area contributed by atoms with Crippen molar-refractivity contribution >= 4 is 23.6 Å². The molecule has 31 heavy (non-hydrogen) atoms. The summed E-state index contributed by atoms with van der Waals surface area (Å²) in [6.07, 6.45) is 4.37. The minimum Gasteiger partial charge on any atom is -0.278 e. The Kier molecular flexibility index (Phi) is 5.62. The molecule has 0 bridgehead atoms. The molecule has 6 nitrogen and oxygen atoms in total. The van der Waals surface area contributed by atoms with Gasteiger partial charge in [-0.25, -0.2) is 4.90 Å². The molecule has 2 heterocycles. The molecule has 0 aromatic heterocycles. The molecule has 0 spiro atoms. The second-order valence-corrected chi connectivity index (χ2v) is 7.62. The van der Waals surface area contributed by atoms with Gasteiger partial charge in [0.05, 0.1) is 17.5 Å². The Morgan fingerprint density at radius 1 is 0.935 bits per heavy atom. The highest BCUT2D eigenvalue weighted by Crippen LogP contribution is 2.27. The molecule has 6 heteroatoms. The molecule has 0 fully saturated rings. The van der Waals surface area contributed by atoms with Gasteiger partial charge in [-0.1, -0.05) is 48.5 Å². The number of hydrogen-bond acceptors (Lipinski definition) is 4. The third kappa shape index (κ3) is 4.10. The Morgan fingerprint density at radius 3 is 2.16 bits per heavy atom. The van der Waals surface area contributed by atoms with E-state index >= 15 is 0 Å². The topological polar surface area (TPSA) is 74.8 Å². The van der Waals surface area contributed by atoms with Crippen molar-refractivity contribution in [2.24, 2.45) is 0 Å². The van der Waals surface area contributed by atoms with Crippen LogP contribution in [0.2, 0.25) is 0 Å². The maximum absolute atomic E-state index is 12.6. The number of benzene rings is 2. The van der Waals surface area contributed by atoms with Crippen molar-refractivity contribution in [3.05, 3.63) is 94.7 Å². The number of rotatable bonds is 5. The summed E-state index contributed by atoms with van der Waals surface area (Å²) in [7, 11) is 0. The lowest BCUT2D eigenvalue weighted by atomic mass is 10.0. The number of amides is 4. The molecule has 156 valence electrons. The number of allylic oxidation sites excluding steroid dienone is 2. The summed E-state index contributed by atoms with van der Waals surface area (Å²) in [4.78, 5) is 52.7. The Hall–Kier alpha value is -3.80. The molecular formula is C25H22N2O4. The van der Waals surface area contributed by atoms with Gasteiger partial charge in [-0.2, -0.15) is 0 Å². The van der Waals surface area contributed by atoms with Crippen LogP contribution in [-0.2, 0) is 16.0 Å². The average Bonchev–Trinajstić information content (AvgIpc) is 3.03. The number of imide groups is 2. The van der Waals surface area contributed by atoms with Crippen LogP contribution in [0.4, 0.5) is 0 Å². The van der Waals surface area contributed by atoms with Crippen molar-refractivity contribution in [1.82, 2.24) is 9.80 Å². The fourth-order valence-electron chi connectivity index (χ4n) is 3.88. The number of nitrogens with zero attached hydrogens (tertiary/aromatic N) is 2. The summed E-state index contributed by atoms with van der Waals surface area (Å²) in [5.41, 5.74) is 2.95. The molecule has 2 aliphatic rings. The predicted octanol–water partition coefficient (Wildman–Crippen LogP) is 3.50. The maximum atomic E-state index is 12.6. The molecule has 0 atom stereocenters. The van der Waals surface area contributed by atoms with E-state index in [1.54, 1.807) is 43.3 Å². The van der Waals surface area contributed by atoms with Crippen LogP contribution in [0.25, 0.3) is 0 Å². The zero-order valence-corrected chi connectivity index (χ0v) is 17.2. The van der Waals surface area contributed by atoms with Crippen LogP contribution in [0.1, 0.15) is 46.0 Å². The van der Waals surface area contributed by atoms with Gasteiger partial charge in [-0.05, 0) is 42.7 Å². The molecule has 2 aromatic carbocycles. The molecule has 4 rings (SSSR count). The number of carbonyl (C=O) groups is 4. The maximum Gasteiger partial charge on any atom is 0.265 e. The quantitative estimate of drug-likeness (QED) is 0.702. The number of aryl methyl sites for hydroxylation is 1. The van der Waals surface area contributed by atoms with E-state index in [9.17, 15) is 19.2 Å². The average molecular weight is 414 g/mol. The van der Waals surface area contributed by atoms with Crippen LogP contribution in [0, 0.1) is 0 Å². The molecule has 2 aromatic rings. The minimum absolute atomic E-state index is 0.0532. The van der Waals surface area contributed by atoms with Crippen LogP contribution in [0.3, 0.4) is 0 Å². The molecule has 2 aliphatic heterocycles. The Labute approximate surface area is 180 Å². The van der Waals surface area contributed by atoms with Gasteiger partial charge in [-0.3, -0.25) is 24.1 Å². The fraction of sp³-hybridized carbons (Fsp3) is 0.200. The first-order valence-corrected chi connectivity index (χ1v) is 10.2. The van der Waals surface area contributed by atoms with Crippen molar-refractivity contribution in [3.63, 3.8) is 0 Å². The van der Waals surface area contributed by atoms with Crippen LogP contribution < -0.4 is 0 Å². The van der Waals surface area contributed by atoms with Crippen molar-refractivity contribution in [1.29, 1.82) is 0 Å². The highest BCUT2D eigenvalue weighted by atomic mass is 16.2. The van der Waals surface area contributed by atoms with Gasteiger partial charge >= 0.3 is 0 Å². The molecule has 0 unspecified atom stereocenters. The van der Waals surface area contributed by atoms with Crippen LogP contribution in [0.5, 0.6) is 0 Å². The summed E-state index contributed by atoms with van der Waals surface area (Å²) in [6.45, 7) is 1.86. The first-order valence-electron chi connectivity index (χ1n) is 10.2. The lowest BCUT2D eigenvalue weighted by molar-refractivity contribution is -0.144. The van der Waals surface area contributed by atoms with E-state index in [4.69, 9.17) is 0 Å². The van der Waals surface area contributed by atoms with Gasteiger partial charge < -0.3 is 0 Å². The molecule has 0 aliphatic carbocycles. The highest BCUT2D eigenvalue weighted by molar-refractivity contribution is 6.22. The van der Waals surface area contributed by atoms with Crippen molar-refractivity contribution in [2.45, 2.75) is 26.2 Å². The smallest absolute Gasteiger partial charge is 0.265 e. The van der Waals surface area contributed by atoms with Crippen LogP contribution >= 0.6 is 0 Å². The first-order chi connectivity index (χ1) is 15.0.